The summed E-state index contributed by atoms with van der Waals surface area (Å²) in [5, 5.41) is 8.60. The van der Waals surface area contributed by atoms with E-state index < -0.39 is 0 Å². The molecule has 1 heterocycles. The van der Waals surface area contributed by atoms with Gasteiger partial charge in [0.15, 0.2) is 0 Å². The Hall–Kier alpha value is -2.42. The van der Waals surface area contributed by atoms with Crippen molar-refractivity contribution in [2.75, 3.05) is 0 Å². The first-order valence-electron chi connectivity index (χ1n) is 6.70. The first-order valence-corrected chi connectivity index (χ1v) is 6.70. The highest BCUT2D eigenvalue weighted by Crippen LogP contribution is 2.24. The summed E-state index contributed by atoms with van der Waals surface area (Å²) >= 11 is 0. The fraction of sp³-hybridized carbons (Fsp3) is 0.176. The van der Waals surface area contributed by atoms with Crippen molar-refractivity contribution < 1.29 is 0 Å². The van der Waals surface area contributed by atoms with Gasteiger partial charge in [-0.05, 0) is 42.7 Å². The number of fused-ring (bicyclic) bond motifs is 1. The summed E-state index contributed by atoms with van der Waals surface area (Å²) in [4.78, 5) is 0. The van der Waals surface area contributed by atoms with Crippen LogP contribution in [0, 0.1) is 13.8 Å². The van der Waals surface area contributed by atoms with Crippen LogP contribution in [0.2, 0.25) is 0 Å². The van der Waals surface area contributed by atoms with Crippen LogP contribution < -0.4 is 0 Å². The maximum absolute atomic E-state index is 4.32. The lowest BCUT2D eigenvalue weighted by atomic mass is 10.1. The van der Waals surface area contributed by atoms with Crippen molar-refractivity contribution in [3.63, 3.8) is 0 Å². The van der Waals surface area contributed by atoms with Crippen LogP contribution in [-0.4, -0.2) is 15.0 Å². The van der Waals surface area contributed by atoms with Gasteiger partial charge in [-0.25, -0.2) is 4.68 Å². The number of hydrogen-bond donors (Lipinski definition) is 0. The van der Waals surface area contributed by atoms with E-state index >= 15 is 0 Å². The highest BCUT2D eigenvalue weighted by atomic mass is 15.4. The van der Waals surface area contributed by atoms with E-state index in [9.17, 15) is 0 Å². The van der Waals surface area contributed by atoms with E-state index in [4.69, 9.17) is 0 Å². The lowest BCUT2D eigenvalue weighted by Gasteiger charge is -2.14. The molecule has 3 rings (SSSR count). The smallest absolute Gasteiger partial charge is 0.113 e. The first kappa shape index (κ1) is 12.6. The Morgan fingerprint density at radius 2 is 1.80 bits per heavy atom. The van der Waals surface area contributed by atoms with Crippen molar-refractivity contribution in [3.05, 3.63) is 71.8 Å². The molecule has 0 fully saturated rings. The van der Waals surface area contributed by atoms with Crippen LogP contribution in [0.15, 0.2) is 55.1 Å². The summed E-state index contributed by atoms with van der Waals surface area (Å²) in [6.07, 6.45) is 1.90. The molecule has 1 aromatic heterocycles. The van der Waals surface area contributed by atoms with Crippen molar-refractivity contribution in [3.8, 4) is 0 Å². The van der Waals surface area contributed by atoms with E-state index in [-0.39, 0.29) is 6.04 Å². The van der Waals surface area contributed by atoms with E-state index in [2.05, 4.69) is 55.0 Å². The summed E-state index contributed by atoms with van der Waals surface area (Å²) < 4.78 is 1.93. The molecule has 0 aliphatic carbocycles. The predicted molar refractivity (Wildman–Crippen MR) is 81.8 cm³/mol. The lowest BCUT2D eigenvalue weighted by molar-refractivity contribution is 0.604. The summed E-state index contributed by atoms with van der Waals surface area (Å²) in [6.45, 7) is 8.15. The van der Waals surface area contributed by atoms with Crippen LogP contribution in [0.25, 0.3) is 11.0 Å². The Balaban J connectivity index is 2.18. The number of rotatable bonds is 3. The number of aryl methyl sites for hydroxylation is 2. The molecule has 2 aromatic carbocycles. The van der Waals surface area contributed by atoms with E-state index in [1.807, 2.05) is 29.0 Å². The van der Waals surface area contributed by atoms with Gasteiger partial charge in [-0.1, -0.05) is 41.6 Å². The molecule has 3 heteroatoms. The fourth-order valence-electron chi connectivity index (χ4n) is 2.43. The third-order valence-corrected chi connectivity index (χ3v) is 3.71. The molecule has 0 bridgehead atoms. The van der Waals surface area contributed by atoms with Gasteiger partial charge in [0.25, 0.3) is 0 Å². The zero-order valence-corrected chi connectivity index (χ0v) is 11.7. The standard InChI is InChI=1S/C17H17N3/c1-4-16(14-8-6-5-7-9-14)20-17-11-13(3)12(2)10-15(17)18-19-20/h4-11,16H,1H2,2-3H3/t16-/m1/s1. The molecule has 3 nitrogen and oxygen atoms in total. The largest absolute Gasteiger partial charge is 0.233 e. The summed E-state index contributed by atoms with van der Waals surface area (Å²) in [6, 6.07) is 14.5. The average Bonchev–Trinajstić information content (AvgIpc) is 2.85. The SMILES string of the molecule is C=C[C@H](c1ccccc1)n1nnc2cc(C)c(C)cc21. The highest BCUT2D eigenvalue weighted by Gasteiger charge is 2.15. The van der Waals surface area contributed by atoms with E-state index in [1.54, 1.807) is 0 Å². The number of benzene rings is 2. The fourth-order valence-corrected chi connectivity index (χ4v) is 2.43. The van der Waals surface area contributed by atoms with Crippen LogP contribution >= 0.6 is 0 Å². The molecule has 0 saturated carbocycles. The molecule has 20 heavy (non-hydrogen) atoms. The van der Waals surface area contributed by atoms with Gasteiger partial charge in [-0.15, -0.1) is 11.7 Å². The normalized spacial score (nSPS) is 12.5. The minimum atomic E-state index is 0.00306. The Bertz CT molecular complexity index is 757. The van der Waals surface area contributed by atoms with Gasteiger partial charge >= 0.3 is 0 Å². The van der Waals surface area contributed by atoms with E-state index in [0.29, 0.717) is 0 Å². The van der Waals surface area contributed by atoms with Crippen molar-refractivity contribution in [1.82, 2.24) is 15.0 Å². The summed E-state index contributed by atoms with van der Waals surface area (Å²) in [7, 11) is 0. The molecule has 0 aliphatic heterocycles. The molecule has 0 radical (unpaired) electrons. The van der Waals surface area contributed by atoms with Crippen LogP contribution in [-0.2, 0) is 0 Å². The number of nitrogens with zero attached hydrogens (tertiary/aromatic N) is 3. The van der Waals surface area contributed by atoms with Gasteiger partial charge in [0.2, 0.25) is 0 Å². The number of aromatic nitrogens is 3. The van der Waals surface area contributed by atoms with Crippen LogP contribution in [0.3, 0.4) is 0 Å². The molecule has 100 valence electrons. The quantitative estimate of drug-likeness (QED) is 0.672. The van der Waals surface area contributed by atoms with Crippen molar-refractivity contribution in [1.29, 1.82) is 0 Å². The Labute approximate surface area is 118 Å². The van der Waals surface area contributed by atoms with Crippen molar-refractivity contribution >= 4 is 11.0 Å². The monoisotopic (exact) mass is 263 g/mol. The minimum Gasteiger partial charge on any atom is -0.233 e. The van der Waals surface area contributed by atoms with Crippen molar-refractivity contribution in [2.45, 2.75) is 19.9 Å². The Kier molecular flexibility index (Phi) is 3.11. The number of allylic oxidation sites excluding steroid dienone is 1. The zero-order valence-electron chi connectivity index (χ0n) is 11.7. The maximum Gasteiger partial charge on any atom is 0.113 e. The second-order valence-electron chi connectivity index (χ2n) is 5.05. The maximum atomic E-state index is 4.32. The molecule has 3 aromatic rings. The zero-order chi connectivity index (χ0) is 14.1. The molecule has 0 unspecified atom stereocenters. The minimum absolute atomic E-state index is 0.00306. The average molecular weight is 263 g/mol. The topological polar surface area (TPSA) is 30.7 Å². The Morgan fingerprint density at radius 3 is 2.50 bits per heavy atom. The lowest BCUT2D eigenvalue weighted by Crippen LogP contribution is -2.09. The van der Waals surface area contributed by atoms with E-state index in [0.717, 1.165) is 16.6 Å². The van der Waals surface area contributed by atoms with Crippen molar-refractivity contribution in [2.24, 2.45) is 0 Å². The van der Waals surface area contributed by atoms with Gasteiger partial charge in [0, 0.05) is 0 Å². The molecule has 0 spiro atoms. The predicted octanol–water partition coefficient (Wildman–Crippen LogP) is 3.82. The third-order valence-electron chi connectivity index (χ3n) is 3.71. The second-order valence-corrected chi connectivity index (χ2v) is 5.05. The number of hydrogen-bond acceptors (Lipinski definition) is 2. The van der Waals surface area contributed by atoms with Gasteiger partial charge < -0.3 is 0 Å². The van der Waals surface area contributed by atoms with Gasteiger partial charge in [0.05, 0.1) is 11.6 Å². The molecule has 0 amide bonds. The molecular formula is C17H17N3. The van der Waals surface area contributed by atoms with E-state index in [1.165, 1.54) is 11.1 Å². The molecule has 1 atom stereocenters. The van der Waals surface area contributed by atoms with Gasteiger partial charge in [-0.2, -0.15) is 0 Å². The van der Waals surface area contributed by atoms with Crippen LogP contribution in [0.1, 0.15) is 22.7 Å². The second kappa shape index (κ2) is 4.93. The summed E-state index contributed by atoms with van der Waals surface area (Å²) in [5.74, 6) is 0. The third kappa shape index (κ3) is 2.01. The van der Waals surface area contributed by atoms with Crippen LogP contribution in [0.5, 0.6) is 0 Å². The molecule has 0 aliphatic rings. The van der Waals surface area contributed by atoms with Gasteiger partial charge in [0.1, 0.15) is 5.52 Å². The van der Waals surface area contributed by atoms with Crippen LogP contribution in [0.4, 0.5) is 0 Å². The Morgan fingerprint density at radius 1 is 1.10 bits per heavy atom. The summed E-state index contributed by atoms with van der Waals surface area (Å²) in [5.41, 5.74) is 5.61. The first-order chi connectivity index (χ1) is 9.70. The molecule has 0 saturated heterocycles. The molecular weight excluding hydrogens is 246 g/mol. The highest BCUT2D eigenvalue weighted by molar-refractivity contribution is 5.76. The van der Waals surface area contributed by atoms with Gasteiger partial charge in [-0.3, -0.25) is 0 Å². The molecule has 0 N–H and O–H groups in total.